The first-order valence-corrected chi connectivity index (χ1v) is 9.52. The smallest absolute Gasteiger partial charge is 0.234 e. The van der Waals surface area contributed by atoms with Crippen LogP contribution in [0.25, 0.3) is 11.3 Å². The summed E-state index contributed by atoms with van der Waals surface area (Å²) in [5.41, 5.74) is 3.11. The molecule has 144 valence electrons. The van der Waals surface area contributed by atoms with Crippen molar-refractivity contribution in [3.63, 3.8) is 0 Å². The zero-order chi connectivity index (χ0) is 19.9. The molecule has 28 heavy (non-hydrogen) atoms. The van der Waals surface area contributed by atoms with Crippen LogP contribution in [-0.4, -0.2) is 34.6 Å². The van der Waals surface area contributed by atoms with Crippen molar-refractivity contribution in [1.82, 2.24) is 9.97 Å². The van der Waals surface area contributed by atoms with Crippen LogP contribution in [0.15, 0.2) is 59.9 Å². The minimum Gasteiger partial charge on any atom is -0.497 e. The van der Waals surface area contributed by atoms with Crippen molar-refractivity contribution in [2.45, 2.75) is 12.1 Å². The number of H-pyrrole nitrogens is 1. The zero-order valence-corrected chi connectivity index (χ0v) is 16.3. The molecule has 3 N–H and O–H groups in total. The van der Waals surface area contributed by atoms with Crippen LogP contribution in [0.1, 0.15) is 6.92 Å². The number of rotatable bonds is 7. The van der Waals surface area contributed by atoms with Gasteiger partial charge in [0.15, 0.2) is 5.16 Å². The fraction of sp³-hybridized carbons (Fsp3) is 0.150. The van der Waals surface area contributed by atoms with E-state index >= 15 is 0 Å². The molecule has 2 aromatic carbocycles. The Bertz CT molecular complexity index is 970. The molecule has 8 heteroatoms. The SMILES string of the molecule is COc1ccc(-c2cnc(SCC(=O)Nc3cccc(NC(C)=O)c3)[nH]2)cc1. The number of carbonyl (C=O) groups is 2. The largest absolute Gasteiger partial charge is 0.497 e. The van der Waals surface area contributed by atoms with Crippen LogP contribution in [0.3, 0.4) is 0 Å². The highest BCUT2D eigenvalue weighted by molar-refractivity contribution is 7.99. The molecular weight excluding hydrogens is 376 g/mol. The molecule has 1 aromatic heterocycles. The average Bonchev–Trinajstić information content (AvgIpc) is 3.15. The second-order valence-corrected chi connectivity index (χ2v) is 6.89. The van der Waals surface area contributed by atoms with Gasteiger partial charge in [0.05, 0.1) is 24.8 Å². The summed E-state index contributed by atoms with van der Waals surface area (Å²) < 4.78 is 5.16. The van der Waals surface area contributed by atoms with Crippen LogP contribution in [0.2, 0.25) is 0 Å². The number of aromatic amines is 1. The number of nitrogens with one attached hydrogen (secondary N) is 3. The molecule has 0 radical (unpaired) electrons. The number of carbonyl (C=O) groups excluding carboxylic acids is 2. The van der Waals surface area contributed by atoms with Gasteiger partial charge in [0.25, 0.3) is 0 Å². The summed E-state index contributed by atoms with van der Waals surface area (Å²) in [6, 6.07) is 14.6. The molecule has 7 nitrogen and oxygen atoms in total. The van der Waals surface area contributed by atoms with Crippen molar-refractivity contribution >= 4 is 35.0 Å². The van der Waals surface area contributed by atoms with Gasteiger partial charge in [-0.1, -0.05) is 17.8 Å². The lowest BCUT2D eigenvalue weighted by atomic mass is 10.2. The van der Waals surface area contributed by atoms with Crippen molar-refractivity contribution < 1.29 is 14.3 Å². The van der Waals surface area contributed by atoms with Gasteiger partial charge in [0.1, 0.15) is 5.75 Å². The summed E-state index contributed by atoms with van der Waals surface area (Å²) in [6.07, 6.45) is 1.74. The summed E-state index contributed by atoms with van der Waals surface area (Å²) in [5, 5.41) is 6.15. The van der Waals surface area contributed by atoms with Gasteiger partial charge in [-0.15, -0.1) is 0 Å². The van der Waals surface area contributed by atoms with Crippen LogP contribution in [-0.2, 0) is 9.59 Å². The first-order chi connectivity index (χ1) is 13.5. The van der Waals surface area contributed by atoms with Crippen LogP contribution in [0, 0.1) is 0 Å². The number of hydrogen-bond donors (Lipinski definition) is 3. The summed E-state index contributed by atoms with van der Waals surface area (Å²) in [4.78, 5) is 30.8. The lowest BCUT2D eigenvalue weighted by Crippen LogP contribution is -2.14. The molecule has 0 fully saturated rings. The Morgan fingerprint density at radius 2 is 1.82 bits per heavy atom. The van der Waals surface area contributed by atoms with Crippen LogP contribution in [0.5, 0.6) is 5.75 Å². The highest BCUT2D eigenvalue weighted by Crippen LogP contribution is 2.24. The number of methoxy groups -OCH3 is 1. The van der Waals surface area contributed by atoms with Crippen LogP contribution in [0.4, 0.5) is 11.4 Å². The predicted molar refractivity (Wildman–Crippen MR) is 111 cm³/mol. The van der Waals surface area contributed by atoms with Crippen molar-refractivity contribution in [3.05, 3.63) is 54.7 Å². The van der Waals surface area contributed by atoms with E-state index in [1.807, 2.05) is 24.3 Å². The number of amides is 2. The molecule has 0 saturated carbocycles. The number of benzene rings is 2. The normalized spacial score (nSPS) is 10.4. The van der Waals surface area contributed by atoms with E-state index in [-0.39, 0.29) is 17.6 Å². The van der Waals surface area contributed by atoms with Gasteiger partial charge in [-0.2, -0.15) is 0 Å². The highest BCUT2D eigenvalue weighted by Gasteiger charge is 2.08. The van der Waals surface area contributed by atoms with Crippen LogP contribution >= 0.6 is 11.8 Å². The Morgan fingerprint density at radius 1 is 1.11 bits per heavy atom. The monoisotopic (exact) mass is 396 g/mol. The fourth-order valence-electron chi connectivity index (χ4n) is 2.50. The molecule has 0 unspecified atom stereocenters. The number of ether oxygens (including phenoxy) is 1. The van der Waals surface area contributed by atoms with Gasteiger partial charge in [0.2, 0.25) is 11.8 Å². The average molecular weight is 396 g/mol. The first-order valence-electron chi connectivity index (χ1n) is 8.53. The second-order valence-electron chi connectivity index (χ2n) is 5.93. The van der Waals surface area contributed by atoms with E-state index in [0.717, 1.165) is 17.0 Å². The van der Waals surface area contributed by atoms with E-state index < -0.39 is 0 Å². The second kappa shape index (κ2) is 9.09. The summed E-state index contributed by atoms with van der Waals surface area (Å²) in [5.74, 6) is 0.675. The Hall–Kier alpha value is -3.26. The maximum absolute atomic E-state index is 12.2. The maximum atomic E-state index is 12.2. The zero-order valence-electron chi connectivity index (χ0n) is 15.5. The molecule has 1 heterocycles. The van der Waals surface area contributed by atoms with Gasteiger partial charge in [-0.05, 0) is 48.0 Å². The van der Waals surface area contributed by atoms with E-state index in [0.29, 0.717) is 16.5 Å². The minimum absolute atomic E-state index is 0.160. The van der Waals surface area contributed by atoms with E-state index in [2.05, 4.69) is 20.6 Å². The number of imidazole rings is 1. The Morgan fingerprint density at radius 3 is 2.50 bits per heavy atom. The van der Waals surface area contributed by atoms with Gasteiger partial charge >= 0.3 is 0 Å². The third kappa shape index (κ3) is 5.37. The summed E-state index contributed by atoms with van der Waals surface area (Å²) in [6.45, 7) is 1.44. The lowest BCUT2D eigenvalue weighted by Gasteiger charge is -2.07. The number of anilines is 2. The van der Waals surface area contributed by atoms with Crippen molar-refractivity contribution in [2.24, 2.45) is 0 Å². The number of hydrogen-bond acceptors (Lipinski definition) is 5. The third-order valence-electron chi connectivity index (χ3n) is 3.76. The fourth-order valence-corrected chi connectivity index (χ4v) is 3.15. The van der Waals surface area contributed by atoms with Gasteiger partial charge in [-0.25, -0.2) is 4.98 Å². The van der Waals surface area contributed by atoms with E-state index in [1.54, 1.807) is 37.6 Å². The predicted octanol–water partition coefficient (Wildman–Crippen LogP) is 3.77. The highest BCUT2D eigenvalue weighted by atomic mass is 32.2. The molecule has 0 aliphatic carbocycles. The molecule has 2 amide bonds. The summed E-state index contributed by atoms with van der Waals surface area (Å²) >= 11 is 1.31. The summed E-state index contributed by atoms with van der Waals surface area (Å²) in [7, 11) is 1.63. The molecule has 3 rings (SSSR count). The number of aromatic nitrogens is 2. The molecule has 3 aromatic rings. The Kier molecular flexibility index (Phi) is 6.33. The molecule has 0 bridgehead atoms. The maximum Gasteiger partial charge on any atom is 0.234 e. The van der Waals surface area contributed by atoms with Gasteiger partial charge in [-0.3, -0.25) is 9.59 Å². The van der Waals surface area contributed by atoms with Gasteiger partial charge in [0, 0.05) is 18.3 Å². The first kappa shape index (κ1) is 19.5. The van der Waals surface area contributed by atoms with Crippen molar-refractivity contribution in [1.29, 1.82) is 0 Å². The lowest BCUT2D eigenvalue weighted by molar-refractivity contribution is -0.114. The van der Waals surface area contributed by atoms with E-state index in [9.17, 15) is 9.59 Å². The molecule has 0 spiro atoms. The van der Waals surface area contributed by atoms with E-state index in [4.69, 9.17) is 4.74 Å². The third-order valence-corrected chi connectivity index (χ3v) is 4.65. The molecule has 0 atom stereocenters. The molecule has 0 saturated heterocycles. The van der Waals surface area contributed by atoms with Crippen LogP contribution < -0.4 is 15.4 Å². The van der Waals surface area contributed by atoms with E-state index in [1.165, 1.54) is 18.7 Å². The number of thioether (sulfide) groups is 1. The number of nitrogens with zero attached hydrogens (tertiary/aromatic N) is 1. The Balaban J connectivity index is 1.55. The van der Waals surface area contributed by atoms with Gasteiger partial charge < -0.3 is 20.4 Å². The molecule has 0 aliphatic rings. The quantitative estimate of drug-likeness (QED) is 0.528. The minimum atomic E-state index is -0.162. The van der Waals surface area contributed by atoms with Crippen molar-refractivity contribution in [3.8, 4) is 17.0 Å². The topological polar surface area (TPSA) is 96.1 Å². The van der Waals surface area contributed by atoms with Crippen molar-refractivity contribution in [2.75, 3.05) is 23.5 Å². The molecule has 0 aliphatic heterocycles. The standard InChI is InChI=1S/C20H20N4O3S/c1-13(25)22-15-4-3-5-16(10-15)23-19(26)12-28-20-21-11-18(24-20)14-6-8-17(27-2)9-7-14/h3-11H,12H2,1-2H3,(H,21,24)(H,22,25)(H,23,26). The Labute approximate surface area is 166 Å². The molecular formula is C20H20N4O3S.